The Morgan fingerprint density at radius 2 is 2.18 bits per heavy atom. The first kappa shape index (κ1) is 20.6. The molecule has 2 aromatic rings. The Balaban J connectivity index is 1.73. The van der Waals surface area contributed by atoms with Gasteiger partial charge in [0.25, 0.3) is 5.91 Å². The number of rotatable bonds is 9. The van der Waals surface area contributed by atoms with E-state index < -0.39 is 0 Å². The van der Waals surface area contributed by atoms with Gasteiger partial charge in [-0.05, 0) is 49.8 Å². The van der Waals surface area contributed by atoms with Crippen molar-refractivity contribution in [2.24, 2.45) is 0 Å². The van der Waals surface area contributed by atoms with Crippen LogP contribution in [0.4, 0.5) is 0 Å². The van der Waals surface area contributed by atoms with Gasteiger partial charge in [-0.3, -0.25) is 9.59 Å². The van der Waals surface area contributed by atoms with E-state index in [4.69, 9.17) is 9.15 Å². The Morgan fingerprint density at radius 1 is 1.32 bits per heavy atom. The highest BCUT2D eigenvalue weighted by Crippen LogP contribution is 2.18. The van der Waals surface area contributed by atoms with Crippen molar-refractivity contribution in [1.29, 1.82) is 0 Å². The molecular formula is C21H28N2O4S. The Labute approximate surface area is 170 Å². The third-order valence-corrected chi connectivity index (χ3v) is 6.01. The number of hydrogen-bond acceptors (Lipinski definition) is 5. The lowest BCUT2D eigenvalue weighted by Crippen LogP contribution is -2.47. The summed E-state index contributed by atoms with van der Waals surface area (Å²) >= 11 is 1.40. The summed E-state index contributed by atoms with van der Waals surface area (Å²) in [6, 6.07) is 7.32. The fourth-order valence-corrected chi connectivity index (χ4v) is 3.99. The van der Waals surface area contributed by atoms with E-state index in [2.05, 4.69) is 0 Å². The number of thiophene rings is 1. The van der Waals surface area contributed by atoms with E-state index in [0.29, 0.717) is 18.0 Å². The minimum atomic E-state index is -0.0900. The van der Waals surface area contributed by atoms with Crippen molar-refractivity contribution in [2.75, 3.05) is 19.7 Å². The molecule has 6 nitrogen and oxygen atoms in total. The third kappa shape index (κ3) is 5.23. The van der Waals surface area contributed by atoms with Gasteiger partial charge in [-0.1, -0.05) is 13.0 Å². The maximum absolute atomic E-state index is 13.2. The van der Waals surface area contributed by atoms with Crippen LogP contribution in [0.15, 0.2) is 40.3 Å². The summed E-state index contributed by atoms with van der Waals surface area (Å²) in [5.74, 6) is 0.552. The molecule has 0 aromatic carbocycles. The van der Waals surface area contributed by atoms with Crippen molar-refractivity contribution in [3.8, 4) is 0 Å². The number of nitrogens with zero attached hydrogens (tertiary/aromatic N) is 2. The van der Waals surface area contributed by atoms with Gasteiger partial charge in [0.05, 0.1) is 23.8 Å². The zero-order valence-electron chi connectivity index (χ0n) is 16.5. The molecule has 0 bridgehead atoms. The quantitative estimate of drug-likeness (QED) is 0.638. The van der Waals surface area contributed by atoms with E-state index in [9.17, 15) is 9.59 Å². The van der Waals surface area contributed by atoms with Crippen LogP contribution >= 0.6 is 11.3 Å². The highest BCUT2D eigenvalue weighted by atomic mass is 32.1. The summed E-state index contributed by atoms with van der Waals surface area (Å²) in [6.45, 7) is 5.70. The third-order valence-electron chi connectivity index (χ3n) is 5.15. The molecular weight excluding hydrogens is 376 g/mol. The van der Waals surface area contributed by atoms with Crippen LogP contribution in [-0.4, -0.2) is 53.5 Å². The predicted molar refractivity (Wildman–Crippen MR) is 108 cm³/mol. The van der Waals surface area contributed by atoms with E-state index in [1.165, 1.54) is 11.3 Å². The molecule has 3 rings (SSSR count). The maximum Gasteiger partial charge on any atom is 0.264 e. The Bertz CT molecular complexity index is 739. The van der Waals surface area contributed by atoms with Gasteiger partial charge in [0.15, 0.2) is 0 Å². The highest BCUT2D eigenvalue weighted by Gasteiger charge is 2.28. The van der Waals surface area contributed by atoms with E-state index in [1.54, 1.807) is 22.1 Å². The van der Waals surface area contributed by atoms with Crippen molar-refractivity contribution in [3.05, 3.63) is 46.5 Å². The number of carbonyl (C=O) groups excluding carboxylic acids is 2. The molecule has 0 unspecified atom stereocenters. The Hall–Kier alpha value is -2.12. The van der Waals surface area contributed by atoms with Crippen LogP contribution in [0.2, 0.25) is 0 Å². The molecule has 0 saturated carbocycles. The minimum absolute atomic E-state index is 0.0215. The van der Waals surface area contributed by atoms with Crippen molar-refractivity contribution < 1.29 is 18.7 Å². The lowest BCUT2D eigenvalue weighted by atomic mass is 10.2. The Kier molecular flexibility index (Phi) is 7.28. The molecule has 1 aliphatic rings. The Morgan fingerprint density at radius 3 is 2.79 bits per heavy atom. The number of furan rings is 1. The van der Waals surface area contributed by atoms with Gasteiger partial charge in [-0.2, -0.15) is 0 Å². The van der Waals surface area contributed by atoms with E-state index in [1.807, 2.05) is 37.4 Å². The fourth-order valence-electron chi connectivity index (χ4n) is 3.32. The second-order valence-electron chi connectivity index (χ2n) is 7.16. The number of carbonyl (C=O) groups is 2. The molecule has 0 N–H and O–H groups in total. The van der Waals surface area contributed by atoms with Crippen LogP contribution < -0.4 is 0 Å². The van der Waals surface area contributed by atoms with Crippen LogP contribution in [-0.2, 0) is 16.1 Å². The summed E-state index contributed by atoms with van der Waals surface area (Å²) in [5, 5.41) is 1.88. The van der Waals surface area contributed by atoms with Crippen LogP contribution in [0.25, 0.3) is 0 Å². The summed E-state index contributed by atoms with van der Waals surface area (Å²) in [7, 11) is 0. The second kappa shape index (κ2) is 9.89. The topological polar surface area (TPSA) is 63.0 Å². The normalized spacial score (nSPS) is 17.4. The fraction of sp³-hybridized carbons (Fsp3) is 0.524. The SMILES string of the molecule is CC[C@H](C)N(CC(=O)N(Cc1ccco1)C[C@H]1CCCO1)C(=O)c1cccs1. The molecule has 152 valence electrons. The lowest BCUT2D eigenvalue weighted by molar-refractivity contribution is -0.134. The minimum Gasteiger partial charge on any atom is -0.467 e. The average molecular weight is 405 g/mol. The molecule has 0 aliphatic carbocycles. The lowest BCUT2D eigenvalue weighted by Gasteiger charge is -2.31. The molecule has 2 atom stereocenters. The molecule has 7 heteroatoms. The van der Waals surface area contributed by atoms with Gasteiger partial charge in [-0.25, -0.2) is 0 Å². The molecule has 2 amide bonds. The van der Waals surface area contributed by atoms with E-state index in [-0.39, 0.29) is 30.5 Å². The van der Waals surface area contributed by atoms with Gasteiger partial charge in [0.1, 0.15) is 12.3 Å². The summed E-state index contributed by atoms with van der Waals surface area (Å²) < 4.78 is 11.2. The standard InChI is InChI=1S/C21H28N2O4S/c1-3-16(2)23(21(25)19-9-6-12-28-19)15-20(24)22(13-17-7-4-10-26-17)14-18-8-5-11-27-18/h4,6-7,9-10,12,16,18H,3,5,8,11,13-15H2,1-2H3/t16-,18+/m0/s1. The molecule has 1 aliphatic heterocycles. The van der Waals surface area contributed by atoms with Crippen LogP contribution in [0.1, 0.15) is 48.5 Å². The number of hydrogen-bond donors (Lipinski definition) is 0. The van der Waals surface area contributed by atoms with Gasteiger partial charge < -0.3 is 19.0 Å². The van der Waals surface area contributed by atoms with E-state index in [0.717, 1.165) is 31.6 Å². The van der Waals surface area contributed by atoms with Gasteiger partial charge in [0, 0.05) is 19.2 Å². The van der Waals surface area contributed by atoms with Crippen molar-refractivity contribution in [1.82, 2.24) is 9.80 Å². The van der Waals surface area contributed by atoms with Gasteiger partial charge in [-0.15, -0.1) is 11.3 Å². The van der Waals surface area contributed by atoms with Crippen LogP contribution in [0.5, 0.6) is 0 Å². The zero-order valence-corrected chi connectivity index (χ0v) is 17.3. The predicted octanol–water partition coefficient (Wildman–Crippen LogP) is 3.79. The monoisotopic (exact) mass is 404 g/mol. The van der Waals surface area contributed by atoms with Crippen molar-refractivity contribution in [2.45, 2.75) is 51.8 Å². The molecule has 0 spiro atoms. The maximum atomic E-state index is 13.2. The zero-order chi connectivity index (χ0) is 19.9. The summed E-state index contributed by atoms with van der Waals surface area (Å²) in [6.07, 6.45) is 4.41. The van der Waals surface area contributed by atoms with Crippen LogP contribution in [0.3, 0.4) is 0 Å². The molecule has 1 fully saturated rings. The van der Waals surface area contributed by atoms with Gasteiger partial charge >= 0.3 is 0 Å². The van der Waals surface area contributed by atoms with Crippen LogP contribution in [0, 0.1) is 0 Å². The second-order valence-corrected chi connectivity index (χ2v) is 8.10. The first-order valence-electron chi connectivity index (χ1n) is 9.84. The molecule has 1 saturated heterocycles. The number of ether oxygens (including phenoxy) is 1. The first-order chi connectivity index (χ1) is 13.6. The average Bonchev–Trinajstić information content (AvgIpc) is 3.47. The van der Waals surface area contributed by atoms with E-state index >= 15 is 0 Å². The molecule has 28 heavy (non-hydrogen) atoms. The van der Waals surface area contributed by atoms with Crippen molar-refractivity contribution >= 4 is 23.2 Å². The van der Waals surface area contributed by atoms with Gasteiger partial charge in [0.2, 0.25) is 5.91 Å². The summed E-state index contributed by atoms with van der Waals surface area (Å²) in [5.41, 5.74) is 0. The number of amides is 2. The van der Waals surface area contributed by atoms with Crippen molar-refractivity contribution in [3.63, 3.8) is 0 Å². The summed E-state index contributed by atoms with van der Waals surface area (Å²) in [4.78, 5) is 30.2. The largest absolute Gasteiger partial charge is 0.467 e. The highest BCUT2D eigenvalue weighted by molar-refractivity contribution is 7.12. The smallest absolute Gasteiger partial charge is 0.264 e. The molecule has 2 aromatic heterocycles. The molecule has 0 radical (unpaired) electrons. The molecule has 3 heterocycles. The first-order valence-corrected chi connectivity index (χ1v) is 10.7.